The Morgan fingerprint density at radius 2 is 1.53 bits per heavy atom. The smallest absolute Gasteiger partial charge is 0.251 e. The van der Waals surface area contributed by atoms with Gasteiger partial charge < -0.3 is 50.1 Å². The number of aliphatic hydroxyl groups excluding tert-OH is 1. The molecule has 4 N–H and O–H groups in total. The normalized spacial score (nSPS) is 20.9. The second-order valence-electron chi connectivity index (χ2n) is 24.0. The predicted molar refractivity (Wildman–Crippen MR) is 319 cm³/mol. The first-order valence-corrected chi connectivity index (χ1v) is 30.6. The van der Waals surface area contributed by atoms with E-state index in [-0.39, 0.29) is 90.4 Å². The number of anilines is 1. The highest BCUT2D eigenvalue weighted by molar-refractivity contribution is 5.97. The summed E-state index contributed by atoms with van der Waals surface area (Å²) in [6, 6.07) is 14.2. The van der Waals surface area contributed by atoms with Gasteiger partial charge in [-0.15, -0.1) is 0 Å². The Hall–Kier alpha value is -6.24. The van der Waals surface area contributed by atoms with Crippen LogP contribution in [0.4, 0.5) is 5.69 Å². The minimum absolute atomic E-state index is 0.00182. The van der Waals surface area contributed by atoms with E-state index in [4.69, 9.17) is 9.47 Å². The van der Waals surface area contributed by atoms with Crippen molar-refractivity contribution in [1.29, 1.82) is 0 Å². The van der Waals surface area contributed by atoms with Gasteiger partial charge in [0, 0.05) is 102 Å². The molecule has 2 aromatic carbocycles. The molecule has 3 fully saturated rings. The number of allylic oxidation sites excluding steroid dienone is 1. The number of carbonyl (C=O) groups excluding carboxylic acids is 8. The van der Waals surface area contributed by atoms with Gasteiger partial charge in [-0.3, -0.25) is 38.4 Å². The Labute approximate surface area is 492 Å². The number of methoxy groups -OCH3 is 2. The lowest BCUT2D eigenvalue weighted by molar-refractivity contribution is -0.149. The van der Waals surface area contributed by atoms with Crippen LogP contribution in [-0.2, 0) is 60.8 Å². The number of likely N-dealkylation sites (N-methyl/N-ethyl adjacent to an activating group) is 1. The number of likely N-dealkylation sites (tertiary alicyclic amines) is 2. The van der Waals surface area contributed by atoms with Gasteiger partial charge in [-0.25, -0.2) is 0 Å². The zero-order valence-electron chi connectivity index (χ0n) is 50.7. The quantitative estimate of drug-likeness (QED) is 0.0502. The topological polar surface area (TPSA) is 224 Å². The number of Topliss-reactive ketones (excluding diaryl/α,β-unsaturated/α-hetero) is 1. The van der Waals surface area contributed by atoms with Crippen LogP contribution in [0.5, 0.6) is 0 Å². The molecule has 11 atom stereocenters. The molecule has 7 amide bonds. The molecule has 456 valence electrons. The lowest BCUT2D eigenvalue weighted by atomic mass is 9.85. The van der Waals surface area contributed by atoms with Crippen LogP contribution in [0.15, 0.2) is 79.0 Å². The molecule has 18 nitrogen and oxygen atoms in total. The Morgan fingerprint density at radius 3 is 2.18 bits per heavy atom. The van der Waals surface area contributed by atoms with E-state index in [9.17, 15) is 43.5 Å². The van der Waals surface area contributed by atoms with Gasteiger partial charge in [0.15, 0.2) is 0 Å². The Bertz CT molecular complexity index is 2540. The number of amides is 7. The van der Waals surface area contributed by atoms with E-state index >= 15 is 0 Å². The fraction of sp³-hybridized carbons (Fsp3) is 0.631. The third-order valence-electron chi connectivity index (χ3n) is 17.9. The number of unbranched alkanes of at least 4 members (excludes halogenated alkanes) is 4. The second kappa shape index (κ2) is 32.2. The first-order valence-electron chi connectivity index (χ1n) is 30.6. The third kappa shape index (κ3) is 17.7. The lowest BCUT2D eigenvalue weighted by Gasteiger charge is -2.41. The minimum atomic E-state index is -0.900. The summed E-state index contributed by atoms with van der Waals surface area (Å²) in [5.41, 5.74) is 3.00. The van der Waals surface area contributed by atoms with Crippen LogP contribution in [0.25, 0.3) is 0 Å². The molecule has 0 spiro atoms. The Kier molecular flexibility index (Phi) is 25.5. The van der Waals surface area contributed by atoms with Crippen LogP contribution in [0.1, 0.15) is 148 Å². The predicted octanol–water partition coefficient (Wildman–Crippen LogP) is 7.53. The van der Waals surface area contributed by atoms with Gasteiger partial charge in [-0.05, 0) is 111 Å². The molecule has 2 bridgehead atoms. The van der Waals surface area contributed by atoms with Gasteiger partial charge in [0.1, 0.15) is 17.9 Å². The highest BCUT2D eigenvalue weighted by atomic mass is 16.5. The molecule has 2 saturated heterocycles. The number of nitrogens with zero attached hydrogens (tertiary/aromatic N) is 4. The van der Waals surface area contributed by atoms with Crippen molar-refractivity contribution < 1.29 is 52.9 Å². The molecule has 0 radical (unpaired) electrons. The summed E-state index contributed by atoms with van der Waals surface area (Å²) in [6.07, 6.45) is 11.4. The molecule has 83 heavy (non-hydrogen) atoms. The summed E-state index contributed by atoms with van der Waals surface area (Å²) in [7, 11) is 4.80. The number of benzene rings is 2. The van der Waals surface area contributed by atoms with Crippen LogP contribution >= 0.6 is 0 Å². The van der Waals surface area contributed by atoms with Crippen LogP contribution < -0.4 is 16.0 Å². The molecular weight excluding hydrogens is 1050 g/mol. The monoisotopic (exact) mass is 1150 g/mol. The summed E-state index contributed by atoms with van der Waals surface area (Å²) < 4.78 is 12.3. The lowest BCUT2D eigenvalue weighted by Crippen LogP contribution is -2.60. The average molecular weight is 1150 g/mol. The number of rotatable bonds is 34. The molecule has 3 aliphatic heterocycles. The van der Waals surface area contributed by atoms with Gasteiger partial charge in [0.2, 0.25) is 35.4 Å². The highest BCUT2D eigenvalue weighted by Crippen LogP contribution is 2.43. The van der Waals surface area contributed by atoms with Crippen molar-refractivity contribution in [1.82, 2.24) is 30.2 Å². The fourth-order valence-corrected chi connectivity index (χ4v) is 13.0. The van der Waals surface area contributed by atoms with Crippen LogP contribution in [0, 0.1) is 29.6 Å². The summed E-state index contributed by atoms with van der Waals surface area (Å²) >= 11 is 0. The van der Waals surface area contributed by atoms with E-state index in [1.807, 2.05) is 70.2 Å². The van der Waals surface area contributed by atoms with Gasteiger partial charge in [-0.2, -0.15) is 0 Å². The number of hydrogen-bond donors (Lipinski definition) is 4. The van der Waals surface area contributed by atoms with Crippen LogP contribution in [-0.4, -0.2) is 155 Å². The van der Waals surface area contributed by atoms with Crippen LogP contribution in [0.2, 0.25) is 0 Å². The van der Waals surface area contributed by atoms with Gasteiger partial charge in [-0.1, -0.05) is 103 Å². The van der Waals surface area contributed by atoms with E-state index in [0.29, 0.717) is 88.8 Å². The van der Waals surface area contributed by atoms with E-state index in [1.165, 1.54) is 6.08 Å². The van der Waals surface area contributed by atoms with Crippen molar-refractivity contribution in [3.05, 3.63) is 90.2 Å². The molecule has 0 unspecified atom stereocenters. The molecule has 1 aliphatic carbocycles. The maximum Gasteiger partial charge on any atom is 0.251 e. The van der Waals surface area contributed by atoms with Crippen molar-refractivity contribution in [2.45, 2.75) is 193 Å². The van der Waals surface area contributed by atoms with E-state index in [2.05, 4.69) is 22.5 Å². The first-order chi connectivity index (χ1) is 39.8. The standard InChI is InChI=1S/C65H95N7O11/c1-10-43(4)60(69(7)65(81)59(42(2)3)68-64(80)61-48-29-32-51(38-48)72(61)57(77)25-17-13-19-36-73)54(82-8)40-58(78)71-35-20-23-52(71)62(83-9)45(6)53(74)39-49(37-46-21-14-11-15-22-46)63(79)67-50-30-27-47(28-31-50)41-66-55(75)24-16-12-18-34-70-44(5)26-33-56(70)76/h11,14-15,21-22,26-28,30-31,33,42-43,45,48-49,51-52,54,59-62,73H,5,10,12-13,16-20,23-25,29,32,34-41H2,1-4,6-9H3,(H,66,75)(H,67,79)(H,68,80)/t43-,45-,48-,49+,51-,52-,54+,59-,60-,61-,62+/m0/s1. The number of nitrogens with one attached hydrogen (secondary N) is 3. The van der Waals surface area contributed by atoms with E-state index in [1.54, 1.807) is 66.0 Å². The Morgan fingerprint density at radius 1 is 0.819 bits per heavy atom. The number of ketones is 1. The molecule has 1 saturated carbocycles. The summed E-state index contributed by atoms with van der Waals surface area (Å²) in [5.74, 6) is -3.29. The van der Waals surface area contributed by atoms with Crippen molar-refractivity contribution in [2.75, 3.05) is 46.3 Å². The number of hydrogen-bond acceptors (Lipinski definition) is 11. The number of aliphatic hydroxyl groups is 1. The van der Waals surface area contributed by atoms with Crippen molar-refractivity contribution in [3.8, 4) is 0 Å². The van der Waals surface area contributed by atoms with Crippen molar-refractivity contribution in [2.24, 2.45) is 29.6 Å². The maximum atomic E-state index is 14.8. The molecule has 6 rings (SSSR count). The fourth-order valence-electron chi connectivity index (χ4n) is 13.0. The number of fused-ring (bicyclic) bond motifs is 2. The zero-order chi connectivity index (χ0) is 60.3. The highest BCUT2D eigenvalue weighted by Gasteiger charge is 2.52. The van der Waals surface area contributed by atoms with Crippen LogP contribution in [0.3, 0.4) is 0 Å². The first kappa shape index (κ1) is 65.9. The summed E-state index contributed by atoms with van der Waals surface area (Å²) in [5, 5.41) is 18.3. The van der Waals surface area contributed by atoms with E-state index in [0.717, 1.165) is 49.7 Å². The summed E-state index contributed by atoms with van der Waals surface area (Å²) in [4.78, 5) is 117. The largest absolute Gasteiger partial charge is 0.396 e. The SMILES string of the molecule is C=C1C=CC(=O)N1CCCCCC(=O)NCc1ccc(NC(=O)[C@@H](CC(=O)[C@H](C)[C@@H](OC)[C@@H]2CCCN2C(=O)C[C@@H](OC)[C@H]([C@@H](C)CC)N(C)C(=O)[C@@H](NC(=O)[C@@H]2[C@H]3CC[C@@H](C3)N2C(=O)CCCCCO)C(C)C)Cc2ccccc2)cc1. The number of ether oxygens (including phenoxy) is 2. The average Bonchev–Trinajstić information content (AvgIpc) is 3.03. The van der Waals surface area contributed by atoms with Crippen molar-refractivity contribution in [3.63, 3.8) is 0 Å². The molecule has 3 heterocycles. The third-order valence-corrected chi connectivity index (χ3v) is 17.9. The molecule has 0 aromatic heterocycles. The zero-order valence-corrected chi connectivity index (χ0v) is 50.7. The second-order valence-corrected chi connectivity index (χ2v) is 24.0. The van der Waals surface area contributed by atoms with E-state index < -0.39 is 48.2 Å². The van der Waals surface area contributed by atoms with Gasteiger partial charge in [0.05, 0.1) is 30.7 Å². The maximum absolute atomic E-state index is 14.8. The summed E-state index contributed by atoms with van der Waals surface area (Å²) in [6.45, 7) is 14.9. The number of piperidine rings is 1. The molecule has 4 aliphatic rings. The molecular formula is C65H95N7O11. The molecule has 18 heteroatoms. The van der Waals surface area contributed by atoms with Gasteiger partial charge in [0.25, 0.3) is 5.91 Å². The molecule has 2 aromatic rings. The minimum Gasteiger partial charge on any atom is -0.396 e. The van der Waals surface area contributed by atoms with Crippen molar-refractivity contribution >= 4 is 52.8 Å². The Balaban J connectivity index is 1.06. The number of carbonyl (C=O) groups is 8. The van der Waals surface area contributed by atoms with Gasteiger partial charge >= 0.3 is 0 Å².